The van der Waals surface area contributed by atoms with Gasteiger partial charge in [0.1, 0.15) is 5.82 Å². The molecule has 0 N–H and O–H groups in total. The molecule has 6 heteroatoms. The van der Waals surface area contributed by atoms with Crippen molar-refractivity contribution in [3.63, 3.8) is 0 Å². The van der Waals surface area contributed by atoms with Crippen LogP contribution in [0.4, 0.5) is 0 Å². The van der Waals surface area contributed by atoms with Crippen LogP contribution >= 0.6 is 23.3 Å². The summed E-state index contributed by atoms with van der Waals surface area (Å²) in [6, 6.07) is 10.2. The average molecular weight is 288 g/mol. The van der Waals surface area contributed by atoms with E-state index < -0.39 is 0 Å². The van der Waals surface area contributed by atoms with Gasteiger partial charge in [-0.25, -0.2) is 9.97 Å². The molecule has 0 bridgehead atoms. The van der Waals surface area contributed by atoms with Gasteiger partial charge in [0.2, 0.25) is 0 Å². The number of nitrogens with zero attached hydrogens (tertiary/aromatic N) is 4. The number of rotatable bonds is 3. The molecular formula is C13H12N4S2. The van der Waals surface area contributed by atoms with E-state index in [0.717, 1.165) is 26.6 Å². The zero-order valence-corrected chi connectivity index (χ0v) is 12.2. The highest BCUT2D eigenvalue weighted by atomic mass is 32.2. The van der Waals surface area contributed by atoms with Crippen LogP contribution in [0.15, 0.2) is 46.0 Å². The van der Waals surface area contributed by atoms with Crippen molar-refractivity contribution in [3.05, 3.63) is 42.4 Å². The van der Waals surface area contributed by atoms with Crippen LogP contribution in [0.3, 0.4) is 0 Å². The maximum Gasteiger partial charge on any atom is 0.177 e. The number of hydrogen-bond donors (Lipinski definition) is 0. The molecule has 0 aliphatic rings. The summed E-state index contributed by atoms with van der Waals surface area (Å²) < 4.78 is 7.18. The number of imidazole rings is 1. The van der Waals surface area contributed by atoms with E-state index in [1.54, 1.807) is 11.8 Å². The molecule has 0 atom stereocenters. The first-order chi connectivity index (χ1) is 9.24. The highest BCUT2D eigenvalue weighted by Crippen LogP contribution is 2.30. The van der Waals surface area contributed by atoms with Crippen molar-refractivity contribution >= 4 is 23.3 Å². The summed E-state index contributed by atoms with van der Waals surface area (Å²) in [7, 11) is 2.02. The highest BCUT2D eigenvalue weighted by molar-refractivity contribution is 8.00. The molecule has 0 amide bonds. The molecule has 0 aliphatic heterocycles. The van der Waals surface area contributed by atoms with Crippen molar-refractivity contribution in [2.75, 3.05) is 0 Å². The fourth-order valence-corrected chi connectivity index (χ4v) is 3.35. The minimum atomic E-state index is 0.810. The molecule has 2 aromatic heterocycles. The third-order valence-electron chi connectivity index (χ3n) is 2.70. The number of hydrogen-bond acceptors (Lipinski definition) is 5. The van der Waals surface area contributed by atoms with Crippen molar-refractivity contribution in [1.29, 1.82) is 0 Å². The Morgan fingerprint density at radius 2 is 2.00 bits per heavy atom. The normalized spacial score (nSPS) is 10.8. The first-order valence-corrected chi connectivity index (χ1v) is 7.38. The van der Waals surface area contributed by atoms with E-state index in [-0.39, 0.29) is 0 Å². The first kappa shape index (κ1) is 12.4. The Balaban J connectivity index is 1.91. The van der Waals surface area contributed by atoms with Gasteiger partial charge >= 0.3 is 0 Å². The van der Waals surface area contributed by atoms with E-state index >= 15 is 0 Å². The van der Waals surface area contributed by atoms with Crippen LogP contribution in [0.5, 0.6) is 0 Å². The summed E-state index contributed by atoms with van der Waals surface area (Å²) in [5.41, 5.74) is 2.27. The maximum absolute atomic E-state index is 4.46. The summed E-state index contributed by atoms with van der Waals surface area (Å²) in [6.07, 6.45) is 1.89. The molecule has 0 radical (unpaired) electrons. The molecule has 0 saturated carbocycles. The quantitative estimate of drug-likeness (QED) is 0.741. The second-order valence-electron chi connectivity index (χ2n) is 4.06. The molecule has 1 aromatic carbocycles. The fourth-order valence-electron chi connectivity index (χ4n) is 1.76. The summed E-state index contributed by atoms with van der Waals surface area (Å²) >= 11 is 2.95. The van der Waals surface area contributed by atoms with Crippen LogP contribution in [0, 0.1) is 6.92 Å². The van der Waals surface area contributed by atoms with E-state index in [9.17, 15) is 0 Å². The van der Waals surface area contributed by atoms with Crippen LogP contribution in [0.1, 0.15) is 5.82 Å². The van der Waals surface area contributed by atoms with Gasteiger partial charge in [-0.1, -0.05) is 30.3 Å². The summed E-state index contributed by atoms with van der Waals surface area (Å²) in [4.78, 5) is 8.81. The highest BCUT2D eigenvalue weighted by Gasteiger charge is 2.11. The van der Waals surface area contributed by atoms with E-state index in [2.05, 4.69) is 31.0 Å². The second kappa shape index (κ2) is 5.14. The molecule has 0 unspecified atom stereocenters. The molecule has 0 spiro atoms. The Kier molecular flexibility index (Phi) is 3.35. The van der Waals surface area contributed by atoms with Crippen LogP contribution < -0.4 is 0 Å². The number of benzene rings is 1. The Morgan fingerprint density at radius 1 is 1.21 bits per heavy atom. The van der Waals surface area contributed by atoms with Gasteiger partial charge in [0.25, 0.3) is 0 Å². The van der Waals surface area contributed by atoms with E-state index in [1.807, 2.05) is 38.4 Å². The van der Waals surface area contributed by atoms with Crippen LogP contribution in [0.25, 0.3) is 11.3 Å². The Morgan fingerprint density at radius 3 is 2.68 bits per heavy atom. The lowest BCUT2D eigenvalue weighted by Crippen LogP contribution is -1.93. The predicted octanol–water partition coefficient (Wildman–Crippen LogP) is 3.40. The van der Waals surface area contributed by atoms with Gasteiger partial charge in [0.15, 0.2) is 9.50 Å². The topological polar surface area (TPSA) is 43.6 Å². The smallest absolute Gasteiger partial charge is 0.177 e. The van der Waals surface area contributed by atoms with Crippen molar-refractivity contribution in [3.8, 4) is 11.3 Å². The molecule has 3 rings (SSSR count). The standard InChI is InChI=1S/C13H12N4S2/c1-9-15-13(19-16-9)18-12-14-8-11(17(12)2)10-6-4-3-5-7-10/h3-8H,1-2H3. The van der Waals surface area contributed by atoms with Crippen LogP contribution in [-0.2, 0) is 7.05 Å². The molecule has 4 nitrogen and oxygen atoms in total. The second-order valence-corrected chi connectivity index (χ2v) is 6.03. The lowest BCUT2D eigenvalue weighted by Gasteiger charge is -2.04. The minimum Gasteiger partial charge on any atom is -0.322 e. The van der Waals surface area contributed by atoms with Gasteiger partial charge in [0, 0.05) is 7.05 Å². The van der Waals surface area contributed by atoms with E-state index in [4.69, 9.17) is 0 Å². The third-order valence-corrected chi connectivity index (χ3v) is 4.61. The average Bonchev–Trinajstić information content (AvgIpc) is 2.99. The maximum atomic E-state index is 4.46. The lowest BCUT2D eigenvalue weighted by atomic mass is 10.2. The molecule has 19 heavy (non-hydrogen) atoms. The first-order valence-electron chi connectivity index (χ1n) is 5.79. The fraction of sp³-hybridized carbons (Fsp3) is 0.154. The molecule has 0 aliphatic carbocycles. The number of aromatic nitrogens is 4. The van der Waals surface area contributed by atoms with E-state index in [1.165, 1.54) is 11.5 Å². The Bertz CT molecular complexity index is 688. The Hall–Kier alpha value is -1.66. The van der Waals surface area contributed by atoms with Crippen molar-refractivity contribution in [1.82, 2.24) is 18.9 Å². The van der Waals surface area contributed by atoms with Gasteiger partial charge < -0.3 is 4.57 Å². The SMILES string of the molecule is Cc1nsc(Sc2ncc(-c3ccccc3)n2C)n1. The largest absolute Gasteiger partial charge is 0.322 e. The molecule has 0 saturated heterocycles. The summed E-state index contributed by atoms with van der Waals surface area (Å²) in [5, 5.41) is 0.926. The van der Waals surface area contributed by atoms with Gasteiger partial charge in [-0.2, -0.15) is 4.37 Å². The van der Waals surface area contributed by atoms with Crippen LogP contribution in [0.2, 0.25) is 0 Å². The van der Waals surface area contributed by atoms with Crippen molar-refractivity contribution < 1.29 is 0 Å². The van der Waals surface area contributed by atoms with Crippen LogP contribution in [-0.4, -0.2) is 18.9 Å². The molecular weight excluding hydrogens is 276 g/mol. The summed E-state index contributed by atoms with van der Waals surface area (Å²) in [6.45, 7) is 1.90. The Labute approximate surface area is 119 Å². The summed E-state index contributed by atoms with van der Waals surface area (Å²) in [5.74, 6) is 0.810. The van der Waals surface area contributed by atoms with Crippen molar-refractivity contribution in [2.45, 2.75) is 16.4 Å². The molecule has 0 fully saturated rings. The zero-order valence-electron chi connectivity index (χ0n) is 10.6. The molecule has 2 heterocycles. The zero-order chi connectivity index (χ0) is 13.2. The molecule has 3 aromatic rings. The monoisotopic (exact) mass is 288 g/mol. The van der Waals surface area contributed by atoms with Crippen molar-refractivity contribution in [2.24, 2.45) is 7.05 Å². The van der Waals surface area contributed by atoms with Gasteiger partial charge in [-0.3, -0.25) is 0 Å². The number of aryl methyl sites for hydroxylation is 1. The molecule has 96 valence electrons. The van der Waals surface area contributed by atoms with E-state index in [0.29, 0.717) is 0 Å². The van der Waals surface area contributed by atoms with Gasteiger partial charge in [-0.05, 0) is 35.8 Å². The minimum absolute atomic E-state index is 0.810. The third kappa shape index (κ3) is 2.54. The van der Waals surface area contributed by atoms with Gasteiger partial charge in [-0.15, -0.1) is 0 Å². The van der Waals surface area contributed by atoms with Gasteiger partial charge in [0.05, 0.1) is 11.9 Å². The lowest BCUT2D eigenvalue weighted by molar-refractivity contribution is 0.796. The predicted molar refractivity (Wildman–Crippen MR) is 77.4 cm³/mol.